The molecule has 200 valence electrons. The second-order valence-electron chi connectivity index (χ2n) is 9.52. The van der Waals surface area contributed by atoms with E-state index in [1.54, 1.807) is 32.4 Å². The first-order valence-corrected chi connectivity index (χ1v) is 13.2. The van der Waals surface area contributed by atoms with Gasteiger partial charge in [-0.05, 0) is 66.8 Å². The maximum absolute atomic E-state index is 12.7. The number of aryl methyl sites for hydroxylation is 1. The highest BCUT2D eigenvalue weighted by atomic mass is 16.5. The minimum absolute atomic E-state index is 0.160. The van der Waals surface area contributed by atoms with Crippen LogP contribution in [0.3, 0.4) is 0 Å². The van der Waals surface area contributed by atoms with Gasteiger partial charge in [0, 0.05) is 25.1 Å². The first-order chi connectivity index (χ1) is 18.5. The lowest BCUT2D eigenvalue weighted by Gasteiger charge is -2.12. The van der Waals surface area contributed by atoms with Crippen LogP contribution in [0.2, 0.25) is 0 Å². The minimum Gasteiger partial charge on any atom is -0.494 e. The van der Waals surface area contributed by atoms with Gasteiger partial charge in [-0.1, -0.05) is 38.1 Å². The van der Waals surface area contributed by atoms with Crippen molar-refractivity contribution in [3.05, 3.63) is 83.7 Å². The molecule has 0 aliphatic heterocycles. The summed E-state index contributed by atoms with van der Waals surface area (Å²) in [6.45, 7) is 6.37. The van der Waals surface area contributed by atoms with Crippen LogP contribution in [0, 0.1) is 0 Å². The second kappa shape index (κ2) is 13.0. The van der Waals surface area contributed by atoms with E-state index in [9.17, 15) is 4.79 Å². The molecule has 0 aliphatic rings. The molecule has 1 heterocycles. The largest absolute Gasteiger partial charge is 0.494 e. The zero-order valence-corrected chi connectivity index (χ0v) is 22.7. The Morgan fingerprint density at radius 3 is 2.45 bits per heavy atom. The molecular formula is C31H37N3O4. The lowest BCUT2D eigenvalue weighted by atomic mass is 10.0. The normalized spacial score (nSPS) is 11.1. The van der Waals surface area contributed by atoms with Crippen molar-refractivity contribution in [1.82, 2.24) is 14.9 Å². The van der Waals surface area contributed by atoms with Crippen molar-refractivity contribution >= 4 is 16.9 Å². The van der Waals surface area contributed by atoms with Gasteiger partial charge in [-0.15, -0.1) is 0 Å². The van der Waals surface area contributed by atoms with E-state index in [1.807, 2.05) is 30.3 Å². The molecule has 7 heteroatoms. The fourth-order valence-electron chi connectivity index (χ4n) is 4.44. The lowest BCUT2D eigenvalue weighted by Crippen LogP contribution is -2.26. The number of hydrogen-bond acceptors (Lipinski definition) is 5. The Kier molecular flexibility index (Phi) is 9.25. The van der Waals surface area contributed by atoms with Crippen molar-refractivity contribution in [3.8, 4) is 17.2 Å². The van der Waals surface area contributed by atoms with Crippen molar-refractivity contribution < 1.29 is 19.0 Å². The van der Waals surface area contributed by atoms with Crippen LogP contribution >= 0.6 is 0 Å². The number of imidazole rings is 1. The Labute approximate surface area is 224 Å². The quantitative estimate of drug-likeness (QED) is 0.221. The Morgan fingerprint density at radius 2 is 1.71 bits per heavy atom. The molecule has 1 amide bonds. The van der Waals surface area contributed by atoms with Crippen LogP contribution in [-0.4, -0.2) is 42.8 Å². The lowest BCUT2D eigenvalue weighted by molar-refractivity contribution is 0.0953. The van der Waals surface area contributed by atoms with Crippen molar-refractivity contribution in [2.45, 2.75) is 45.6 Å². The van der Waals surface area contributed by atoms with Crippen molar-refractivity contribution in [1.29, 1.82) is 0 Å². The van der Waals surface area contributed by atoms with Crippen LogP contribution in [0.15, 0.2) is 66.7 Å². The van der Waals surface area contributed by atoms with Crippen LogP contribution in [0.5, 0.6) is 17.2 Å². The number of benzene rings is 3. The predicted octanol–water partition coefficient (Wildman–Crippen LogP) is 6.01. The Balaban J connectivity index is 1.32. The molecule has 0 fully saturated rings. The van der Waals surface area contributed by atoms with Crippen molar-refractivity contribution in [2.24, 2.45) is 0 Å². The molecule has 0 aliphatic carbocycles. The number of methoxy groups -OCH3 is 2. The van der Waals surface area contributed by atoms with E-state index < -0.39 is 0 Å². The van der Waals surface area contributed by atoms with E-state index in [1.165, 1.54) is 5.56 Å². The number of para-hydroxylation sites is 2. The average molecular weight is 516 g/mol. The molecule has 4 aromatic rings. The number of carbonyl (C=O) groups is 1. The van der Waals surface area contributed by atoms with Gasteiger partial charge in [-0.2, -0.15) is 0 Å². The van der Waals surface area contributed by atoms with Gasteiger partial charge in [-0.3, -0.25) is 4.79 Å². The van der Waals surface area contributed by atoms with E-state index in [0.29, 0.717) is 42.6 Å². The summed E-state index contributed by atoms with van der Waals surface area (Å²) in [6.07, 6.45) is 2.54. The number of nitrogens with one attached hydrogen (secondary N) is 1. The number of unbranched alkanes of at least 4 members (excludes halogenated alkanes) is 1. The molecule has 0 radical (unpaired) electrons. The molecule has 7 nitrogen and oxygen atoms in total. The Morgan fingerprint density at radius 1 is 0.947 bits per heavy atom. The average Bonchev–Trinajstić information content (AvgIpc) is 3.29. The van der Waals surface area contributed by atoms with E-state index in [0.717, 1.165) is 42.0 Å². The number of carbonyl (C=O) groups excluding carboxylic acids is 1. The summed E-state index contributed by atoms with van der Waals surface area (Å²) in [7, 11) is 3.13. The summed E-state index contributed by atoms with van der Waals surface area (Å²) >= 11 is 0. The van der Waals surface area contributed by atoms with Gasteiger partial charge in [0.05, 0.1) is 31.9 Å². The number of fused-ring (bicyclic) bond motifs is 1. The molecule has 0 saturated carbocycles. The Hall–Kier alpha value is -4.00. The Bertz CT molecular complexity index is 1350. The number of hydrogen-bond donors (Lipinski definition) is 1. The standard InChI is InChI=1S/C31H37N3O4/c1-22(2)23-11-14-25(15-12-23)38-20-8-7-19-34-27-10-6-5-9-26(27)33-30(34)17-18-32-31(35)24-13-16-28(36-3)29(21-24)37-4/h5-6,9-16,21-22H,7-8,17-20H2,1-4H3,(H,32,35). The molecule has 0 saturated heterocycles. The highest BCUT2D eigenvalue weighted by Gasteiger charge is 2.13. The van der Waals surface area contributed by atoms with Crippen LogP contribution in [0.1, 0.15) is 54.4 Å². The van der Waals surface area contributed by atoms with E-state index in [-0.39, 0.29) is 5.91 Å². The topological polar surface area (TPSA) is 74.6 Å². The summed E-state index contributed by atoms with van der Waals surface area (Å²) in [6, 6.07) is 21.7. The van der Waals surface area contributed by atoms with Gasteiger partial charge in [0.15, 0.2) is 11.5 Å². The molecule has 1 aromatic heterocycles. The number of aromatic nitrogens is 2. The zero-order valence-electron chi connectivity index (χ0n) is 22.7. The van der Waals surface area contributed by atoms with Gasteiger partial charge in [0.25, 0.3) is 5.91 Å². The fourth-order valence-corrected chi connectivity index (χ4v) is 4.44. The molecule has 1 N–H and O–H groups in total. The summed E-state index contributed by atoms with van der Waals surface area (Å²) < 4.78 is 18.8. The van der Waals surface area contributed by atoms with Crippen LogP contribution in [0.25, 0.3) is 11.0 Å². The maximum Gasteiger partial charge on any atom is 0.251 e. The van der Waals surface area contributed by atoms with Gasteiger partial charge in [-0.25, -0.2) is 4.98 Å². The van der Waals surface area contributed by atoms with E-state index in [4.69, 9.17) is 19.2 Å². The van der Waals surface area contributed by atoms with Crippen LogP contribution in [0.4, 0.5) is 0 Å². The maximum atomic E-state index is 12.7. The highest BCUT2D eigenvalue weighted by molar-refractivity contribution is 5.94. The van der Waals surface area contributed by atoms with Crippen LogP contribution < -0.4 is 19.5 Å². The number of amides is 1. The fraction of sp³-hybridized carbons (Fsp3) is 0.355. The molecule has 0 spiro atoms. The molecule has 38 heavy (non-hydrogen) atoms. The minimum atomic E-state index is -0.160. The monoisotopic (exact) mass is 515 g/mol. The first kappa shape index (κ1) is 27.0. The number of rotatable bonds is 13. The molecule has 0 unspecified atom stereocenters. The molecule has 0 atom stereocenters. The summed E-state index contributed by atoms with van der Waals surface area (Å²) in [5.74, 6) is 3.35. The predicted molar refractivity (Wildman–Crippen MR) is 151 cm³/mol. The molecule has 3 aromatic carbocycles. The van der Waals surface area contributed by atoms with E-state index in [2.05, 4.69) is 41.9 Å². The van der Waals surface area contributed by atoms with Crippen LogP contribution in [-0.2, 0) is 13.0 Å². The van der Waals surface area contributed by atoms with Gasteiger partial charge in [0.2, 0.25) is 0 Å². The molecule has 0 bridgehead atoms. The summed E-state index contributed by atoms with van der Waals surface area (Å²) in [5.41, 5.74) is 3.92. The number of ether oxygens (including phenoxy) is 3. The van der Waals surface area contributed by atoms with Gasteiger partial charge < -0.3 is 24.1 Å². The summed E-state index contributed by atoms with van der Waals surface area (Å²) in [5, 5.41) is 3.00. The third-order valence-corrected chi connectivity index (χ3v) is 6.61. The smallest absolute Gasteiger partial charge is 0.251 e. The highest BCUT2D eigenvalue weighted by Crippen LogP contribution is 2.27. The third-order valence-electron chi connectivity index (χ3n) is 6.61. The van der Waals surface area contributed by atoms with Crippen molar-refractivity contribution in [3.63, 3.8) is 0 Å². The second-order valence-corrected chi connectivity index (χ2v) is 9.52. The third kappa shape index (κ3) is 6.65. The van der Waals surface area contributed by atoms with Crippen molar-refractivity contribution in [2.75, 3.05) is 27.4 Å². The summed E-state index contributed by atoms with van der Waals surface area (Å²) in [4.78, 5) is 17.6. The SMILES string of the molecule is COc1ccc(C(=O)NCCc2nc3ccccc3n2CCCCOc2ccc(C(C)C)cc2)cc1OC. The molecule has 4 rings (SSSR count). The first-order valence-electron chi connectivity index (χ1n) is 13.2. The molecular weight excluding hydrogens is 478 g/mol. The van der Waals surface area contributed by atoms with Gasteiger partial charge in [0.1, 0.15) is 11.6 Å². The zero-order chi connectivity index (χ0) is 26.9. The number of nitrogens with zero attached hydrogens (tertiary/aromatic N) is 2. The van der Waals surface area contributed by atoms with E-state index >= 15 is 0 Å². The van der Waals surface area contributed by atoms with Gasteiger partial charge >= 0.3 is 0 Å².